The third-order valence-corrected chi connectivity index (χ3v) is 6.50. The summed E-state index contributed by atoms with van der Waals surface area (Å²) < 4.78 is 5.90. The fraction of sp³-hybridized carbons (Fsp3) is 0.519. The normalized spacial score (nSPS) is 15.7. The second-order valence-electron chi connectivity index (χ2n) is 9.00. The number of likely N-dealkylation sites (N-methyl/N-ethyl adjacent to an activating group) is 1. The topological polar surface area (TPSA) is 65.0 Å². The number of hydrogen-bond acceptors (Lipinski definition) is 5. The van der Waals surface area contributed by atoms with E-state index in [1.807, 2.05) is 18.2 Å². The molecular formula is C27H39N3O3. The number of benzene rings is 2. The highest BCUT2D eigenvalue weighted by Gasteiger charge is 2.20. The van der Waals surface area contributed by atoms with Crippen molar-refractivity contribution in [3.8, 4) is 5.75 Å². The van der Waals surface area contributed by atoms with Gasteiger partial charge in [0.05, 0.1) is 6.10 Å². The van der Waals surface area contributed by atoms with E-state index < -0.39 is 6.10 Å². The zero-order chi connectivity index (χ0) is 23.6. The molecule has 0 aliphatic carbocycles. The molecule has 1 aliphatic heterocycles. The van der Waals surface area contributed by atoms with Crippen molar-refractivity contribution in [1.29, 1.82) is 0 Å². The average Bonchev–Trinajstić information content (AvgIpc) is 2.84. The van der Waals surface area contributed by atoms with E-state index in [0.29, 0.717) is 12.5 Å². The van der Waals surface area contributed by atoms with Crippen molar-refractivity contribution < 1.29 is 14.6 Å². The third kappa shape index (κ3) is 7.56. The summed E-state index contributed by atoms with van der Waals surface area (Å²) in [6.07, 6.45) is 1.39. The lowest BCUT2D eigenvalue weighted by Gasteiger charge is -2.30. The van der Waals surface area contributed by atoms with Gasteiger partial charge in [0.2, 0.25) is 0 Å². The highest BCUT2D eigenvalue weighted by atomic mass is 16.5. The van der Waals surface area contributed by atoms with E-state index in [9.17, 15) is 9.90 Å². The number of fused-ring (bicyclic) bond motifs is 1. The Morgan fingerprint density at radius 2 is 1.88 bits per heavy atom. The van der Waals surface area contributed by atoms with Gasteiger partial charge in [-0.1, -0.05) is 56.3 Å². The molecule has 0 spiro atoms. The SMILES string of the molecule is CCC(CN(C)CC)c1ccccc1OCC(=O)NCC(O)CN1CCc2ccccc2C1. The summed E-state index contributed by atoms with van der Waals surface area (Å²) in [4.78, 5) is 16.9. The first-order valence-electron chi connectivity index (χ1n) is 12.1. The number of β-amino-alcohol motifs (C(OH)–C–C–N with tert-alkyl or cyclic N) is 1. The van der Waals surface area contributed by atoms with Crippen molar-refractivity contribution in [3.05, 3.63) is 65.2 Å². The van der Waals surface area contributed by atoms with Gasteiger partial charge in [0.25, 0.3) is 5.91 Å². The van der Waals surface area contributed by atoms with Gasteiger partial charge in [0.15, 0.2) is 6.61 Å². The highest BCUT2D eigenvalue weighted by Crippen LogP contribution is 2.29. The lowest BCUT2D eigenvalue weighted by atomic mass is 9.95. The number of ether oxygens (including phenoxy) is 1. The number of hydrogen-bond donors (Lipinski definition) is 2. The molecule has 0 radical (unpaired) electrons. The number of carbonyl (C=O) groups is 1. The maximum absolute atomic E-state index is 12.4. The Labute approximate surface area is 198 Å². The standard InChI is InChI=1S/C27H39N3O3/c1-4-21(17-29(3)5-2)25-12-8-9-13-26(25)33-20-27(32)28-16-24(31)19-30-15-14-22-10-6-7-11-23(22)18-30/h6-13,21,24,31H,4-5,14-20H2,1-3H3,(H,28,32). The van der Waals surface area contributed by atoms with Crippen LogP contribution in [0.15, 0.2) is 48.5 Å². The average molecular weight is 454 g/mol. The van der Waals surface area contributed by atoms with Crippen LogP contribution in [0.2, 0.25) is 0 Å². The number of amides is 1. The maximum Gasteiger partial charge on any atom is 0.258 e. The molecule has 0 aromatic heterocycles. The highest BCUT2D eigenvalue weighted by molar-refractivity contribution is 5.77. The van der Waals surface area contributed by atoms with Crippen LogP contribution in [0.3, 0.4) is 0 Å². The van der Waals surface area contributed by atoms with Crippen LogP contribution in [0.1, 0.15) is 42.9 Å². The number of carbonyl (C=O) groups excluding carboxylic acids is 1. The fourth-order valence-electron chi connectivity index (χ4n) is 4.40. The monoisotopic (exact) mass is 453 g/mol. The van der Waals surface area contributed by atoms with Gasteiger partial charge < -0.3 is 20.1 Å². The molecule has 1 amide bonds. The second-order valence-corrected chi connectivity index (χ2v) is 9.00. The van der Waals surface area contributed by atoms with Gasteiger partial charge in [-0.2, -0.15) is 0 Å². The van der Waals surface area contributed by atoms with Crippen LogP contribution in [0.4, 0.5) is 0 Å². The third-order valence-electron chi connectivity index (χ3n) is 6.50. The van der Waals surface area contributed by atoms with Gasteiger partial charge >= 0.3 is 0 Å². The van der Waals surface area contributed by atoms with Crippen LogP contribution in [0, 0.1) is 0 Å². The number of para-hydroxylation sites is 1. The summed E-state index contributed by atoms with van der Waals surface area (Å²) in [5, 5.41) is 13.3. The smallest absolute Gasteiger partial charge is 0.258 e. The number of aliphatic hydroxyl groups is 1. The van der Waals surface area contributed by atoms with E-state index in [-0.39, 0.29) is 19.1 Å². The summed E-state index contributed by atoms with van der Waals surface area (Å²) in [5.41, 5.74) is 3.85. The Balaban J connectivity index is 1.44. The van der Waals surface area contributed by atoms with Crippen LogP contribution in [-0.4, -0.2) is 73.3 Å². The molecule has 2 aromatic carbocycles. The summed E-state index contributed by atoms with van der Waals surface area (Å²) >= 11 is 0. The van der Waals surface area contributed by atoms with Crippen molar-refractivity contribution in [2.45, 2.75) is 45.3 Å². The van der Waals surface area contributed by atoms with E-state index in [4.69, 9.17) is 4.74 Å². The molecule has 2 N–H and O–H groups in total. The molecule has 3 rings (SSSR count). The molecule has 0 saturated heterocycles. The first-order chi connectivity index (χ1) is 16.0. The van der Waals surface area contributed by atoms with Crippen molar-refractivity contribution >= 4 is 5.91 Å². The molecule has 0 fully saturated rings. The van der Waals surface area contributed by atoms with Gasteiger partial charge in [-0.3, -0.25) is 9.69 Å². The van der Waals surface area contributed by atoms with E-state index in [2.05, 4.69) is 66.3 Å². The summed E-state index contributed by atoms with van der Waals surface area (Å²) in [6, 6.07) is 16.4. The van der Waals surface area contributed by atoms with Gasteiger partial charge in [0, 0.05) is 32.7 Å². The Hall–Kier alpha value is -2.41. The van der Waals surface area contributed by atoms with E-state index >= 15 is 0 Å². The summed E-state index contributed by atoms with van der Waals surface area (Å²) in [7, 11) is 2.12. The molecule has 33 heavy (non-hydrogen) atoms. The lowest BCUT2D eigenvalue weighted by Crippen LogP contribution is -2.42. The van der Waals surface area contributed by atoms with Crippen molar-refractivity contribution in [3.63, 3.8) is 0 Å². The molecule has 2 unspecified atom stereocenters. The molecule has 1 heterocycles. The minimum atomic E-state index is -0.611. The van der Waals surface area contributed by atoms with Crippen molar-refractivity contribution in [2.24, 2.45) is 0 Å². The largest absolute Gasteiger partial charge is 0.483 e. The molecule has 180 valence electrons. The number of rotatable bonds is 12. The predicted molar refractivity (Wildman–Crippen MR) is 133 cm³/mol. The molecular weight excluding hydrogens is 414 g/mol. The molecule has 0 bridgehead atoms. The van der Waals surface area contributed by atoms with Crippen LogP contribution in [0.25, 0.3) is 0 Å². The van der Waals surface area contributed by atoms with Crippen LogP contribution in [-0.2, 0) is 17.8 Å². The van der Waals surface area contributed by atoms with E-state index in [1.165, 1.54) is 11.1 Å². The summed E-state index contributed by atoms with van der Waals surface area (Å²) in [6.45, 7) is 8.75. The second kappa shape index (κ2) is 12.7. The number of nitrogens with zero attached hydrogens (tertiary/aromatic N) is 2. The van der Waals surface area contributed by atoms with Crippen LogP contribution < -0.4 is 10.1 Å². The van der Waals surface area contributed by atoms with E-state index in [1.54, 1.807) is 0 Å². The molecule has 1 aliphatic rings. The predicted octanol–water partition coefficient (Wildman–Crippen LogP) is 3.05. The van der Waals surface area contributed by atoms with Crippen molar-refractivity contribution in [2.75, 3.05) is 46.4 Å². The van der Waals surface area contributed by atoms with Gasteiger partial charge in [0.1, 0.15) is 5.75 Å². The Kier molecular flexibility index (Phi) is 9.73. The van der Waals surface area contributed by atoms with Crippen molar-refractivity contribution in [1.82, 2.24) is 15.1 Å². The number of nitrogens with one attached hydrogen (secondary N) is 1. The van der Waals surface area contributed by atoms with Crippen LogP contribution >= 0.6 is 0 Å². The zero-order valence-corrected chi connectivity index (χ0v) is 20.3. The maximum atomic E-state index is 12.4. The quantitative estimate of drug-likeness (QED) is 0.517. The summed E-state index contributed by atoms with van der Waals surface area (Å²) in [5.74, 6) is 0.897. The van der Waals surface area contributed by atoms with Gasteiger partial charge in [-0.05, 0) is 55.1 Å². The Morgan fingerprint density at radius 3 is 2.64 bits per heavy atom. The molecule has 2 aromatic rings. The lowest BCUT2D eigenvalue weighted by molar-refractivity contribution is -0.123. The first-order valence-corrected chi connectivity index (χ1v) is 12.1. The van der Waals surface area contributed by atoms with Gasteiger partial charge in [-0.15, -0.1) is 0 Å². The first kappa shape index (κ1) is 25.2. The number of aliphatic hydroxyl groups excluding tert-OH is 1. The molecule has 6 nitrogen and oxygen atoms in total. The van der Waals surface area contributed by atoms with E-state index in [0.717, 1.165) is 50.3 Å². The Morgan fingerprint density at radius 1 is 1.15 bits per heavy atom. The zero-order valence-electron chi connectivity index (χ0n) is 20.3. The minimum Gasteiger partial charge on any atom is -0.483 e. The fourth-order valence-corrected chi connectivity index (χ4v) is 4.40. The van der Waals surface area contributed by atoms with Crippen LogP contribution in [0.5, 0.6) is 5.75 Å². The van der Waals surface area contributed by atoms with Gasteiger partial charge in [-0.25, -0.2) is 0 Å². The molecule has 0 saturated carbocycles. The molecule has 2 atom stereocenters. The molecule has 6 heteroatoms. The Bertz CT molecular complexity index is 888. The minimum absolute atomic E-state index is 0.0547.